The highest BCUT2D eigenvalue weighted by Gasteiger charge is 2.14. The van der Waals surface area contributed by atoms with Gasteiger partial charge in [0.05, 0.1) is 11.8 Å². The lowest BCUT2D eigenvalue weighted by molar-refractivity contribution is -0.148. The summed E-state index contributed by atoms with van der Waals surface area (Å²) >= 11 is 0. The molecule has 0 atom stereocenters. The minimum atomic E-state index is -0.245. The summed E-state index contributed by atoms with van der Waals surface area (Å²) in [5.74, 6) is -0.245. The number of hydrogen-bond donors (Lipinski definition) is 1. The van der Waals surface area contributed by atoms with Crippen molar-refractivity contribution in [2.24, 2.45) is 0 Å². The number of nitrogens with zero attached hydrogens (tertiary/aromatic N) is 2. The summed E-state index contributed by atoms with van der Waals surface area (Å²) in [4.78, 5) is 11.6. The number of nitrogens with one attached hydrogen (secondary N) is 1. The van der Waals surface area contributed by atoms with E-state index in [0.717, 1.165) is 30.0 Å². The fourth-order valence-corrected chi connectivity index (χ4v) is 1.82. The molecule has 0 unspecified atom stereocenters. The molecular formula is C13H23N3O2. The normalized spacial score (nSPS) is 11.0. The second-order valence-electron chi connectivity index (χ2n) is 4.63. The van der Waals surface area contributed by atoms with Gasteiger partial charge >= 0.3 is 5.97 Å². The van der Waals surface area contributed by atoms with Gasteiger partial charge in [0.25, 0.3) is 0 Å². The van der Waals surface area contributed by atoms with Crippen LogP contribution in [0.1, 0.15) is 37.7 Å². The Labute approximate surface area is 109 Å². The standard InChI is InChI=1S/C13H23N3O2/c1-6-14-7-12-10(4)15-16(11(12)5)8-13(17)18-9(2)3/h9,14H,6-8H2,1-5H3. The molecule has 1 heterocycles. The van der Waals surface area contributed by atoms with Gasteiger partial charge in [-0.25, -0.2) is 0 Å². The molecule has 0 saturated carbocycles. The van der Waals surface area contributed by atoms with Gasteiger partial charge in [0.15, 0.2) is 0 Å². The van der Waals surface area contributed by atoms with Gasteiger partial charge in [-0.2, -0.15) is 5.10 Å². The Morgan fingerprint density at radius 3 is 2.67 bits per heavy atom. The van der Waals surface area contributed by atoms with Crippen molar-refractivity contribution in [3.05, 3.63) is 17.0 Å². The van der Waals surface area contributed by atoms with Crippen LogP contribution in [0.25, 0.3) is 0 Å². The average Bonchev–Trinajstić information content (AvgIpc) is 2.51. The highest BCUT2D eigenvalue weighted by Crippen LogP contribution is 2.12. The minimum Gasteiger partial charge on any atom is -0.462 e. The quantitative estimate of drug-likeness (QED) is 0.782. The lowest BCUT2D eigenvalue weighted by Crippen LogP contribution is -2.19. The average molecular weight is 253 g/mol. The summed E-state index contributed by atoms with van der Waals surface area (Å²) in [6.07, 6.45) is -0.0873. The zero-order chi connectivity index (χ0) is 13.7. The van der Waals surface area contributed by atoms with E-state index in [9.17, 15) is 4.79 Å². The van der Waals surface area contributed by atoms with Gasteiger partial charge in [-0.3, -0.25) is 9.48 Å². The van der Waals surface area contributed by atoms with Gasteiger partial charge in [-0.1, -0.05) is 6.92 Å². The summed E-state index contributed by atoms with van der Waals surface area (Å²) in [5, 5.41) is 7.66. The van der Waals surface area contributed by atoms with Crippen molar-refractivity contribution < 1.29 is 9.53 Å². The first-order valence-corrected chi connectivity index (χ1v) is 6.38. The van der Waals surface area contributed by atoms with E-state index in [4.69, 9.17) is 4.74 Å². The van der Waals surface area contributed by atoms with E-state index in [-0.39, 0.29) is 18.6 Å². The smallest absolute Gasteiger partial charge is 0.328 e. The summed E-state index contributed by atoms with van der Waals surface area (Å²) in [6, 6.07) is 0. The Kier molecular flexibility index (Phi) is 5.34. The first-order valence-electron chi connectivity index (χ1n) is 6.38. The number of aryl methyl sites for hydroxylation is 1. The van der Waals surface area contributed by atoms with Crippen LogP contribution in [0.3, 0.4) is 0 Å². The molecule has 5 heteroatoms. The van der Waals surface area contributed by atoms with Crippen LogP contribution < -0.4 is 5.32 Å². The molecule has 0 aromatic carbocycles. The van der Waals surface area contributed by atoms with Crippen molar-refractivity contribution >= 4 is 5.97 Å². The van der Waals surface area contributed by atoms with Crippen LogP contribution in [-0.4, -0.2) is 28.4 Å². The van der Waals surface area contributed by atoms with Gasteiger partial charge in [0, 0.05) is 17.8 Å². The van der Waals surface area contributed by atoms with Crippen LogP contribution in [-0.2, 0) is 22.6 Å². The molecule has 0 spiro atoms. The molecule has 5 nitrogen and oxygen atoms in total. The van der Waals surface area contributed by atoms with Crippen LogP contribution in [0.15, 0.2) is 0 Å². The molecule has 0 bridgehead atoms. The molecule has 0 aliphatic rings. The van der Waals surface area contributed by atoms with E-state index < -0.39 is 0 Å². The van der Waals surface area contributed by atoms with Gasteiger partial charge in [0.1, 0.15) is 6.54 Å². The fourth-order valence-electron chi connectivity index (χ4n) is 1.82. The number of rotatable bonds is 6. The Morgan fingerprint density at radius 1 is 1.44 bits per heavy atom. The maximum Gasteiger partial charge on any atom is 0.328 e. The lowest BCUT2D eigenvalue weighted by Gasteiger charge is -2.09. The summed E-state index contributed by atoms with van der Waals surface area (Å²) in [5.41, 5.74) is 3.15. The van der Waals surface area contributed by atoms with Crippen molar-refractivity contribution in [2.75, 3.05) is 6.54 Å². The summed E-state index contributed by atoms with van der Waals surface area (Å²) in [7, 11) is 0. The van der Waals surface area contributed by atoms with E-state index >= 15 is 0 Å². The zero-order valence-electron chi connectivity index (χ0n) is 11.9. The number of carbonyl (C=O) groups excluding carboxylic acids is 1. The maximum atomic E-state index is 11.6. The van der Waals surface area contributed by atoms with Crippen LogP contribution in [0.4, 0.5) is 0 Å². The molecular weight excluding hydrogens is 230 g/mol. The largest absolute Gasteiger partial charge is 0.462 e. The molecule has 1 N–H and O–H groups in total. The highest BCUT2D eigenvalue weighted by molar-refractivity contribution is 5.69. The fraction of sp³-hybridized carbons (Fsp3) is 0.692. The third-order valence-corrected chi connectivity index (χ3v) is 2.73. The molecule has 1 aromatic heterocycles. The Bertz CT molecular complexity index is 411. The third-order valence-electron chi connectivity index (χ3n) is 2.73. The number of ether oxygens (including phenoxy) is 1. The molecule has 1 rings (SSSR count). The summed E-state index contributed by atoms with van der Waals surface area (Å²) < 4.78 is 6.84. The Morgan fingerprint density at radius 2 is 2.11 bits per heavy atom. The number of esters is 1. The molecule has 1 aromatic rings. The van der Waals surface area contributed by atoms with E-state index in [1.165, 1.54) is 0 Å². The Balaban J connectivity index is 2.75. The van der Waals surface area contributed by atoms with Crippen molar-refractivity contribution in [1.82, 2.24) is 15.1 Å². The predicted octanol–water partition coefficient (Wildman–Crippen LogP) is 1.56. The van der Waals surface area contributed by atoms with E-state index in [1.54, 1.807) is 4.68 Å². The van der Waals surface area contributed by atoms with Crippen LogP contribution >= 0.6 is 0 Å². The van der Waals surface area contributed by atoms with Gasteiger partial charge in [0.2, 0.25) is 0 Å². The van der Waals surface area contributed by atoms with Gasteiger partial charge < -0.3 is 10.1 Å². The molecule has 0 aliphatic heterocycles. The minimum absolute atomic E-state index is 0.0873. The number of aromatic nitrogens is 2. The van der Waals surface area contributed by atoms with Crippen LogP contribution in [0.5, 0.6) is 0 Å². The first kappa shape index (κ1) is 14.7. The molecule has 18 heavy (non-hydrogen) atoms. The van der Waals surface area contributed by atoms with Crippen molar-refractivity contribution in [1.29, 1.82) is 0 Å². The van der Waals surface area contributed by atoms with Crippen LogP contribution in [0, 0.1) is 13.8 Å². The monoisotopic (exact) mass is 253 g/mol. The Hall–Kier alpha value is -1.36. The lowest BCUT2D eigenvalue weighted by atomic mass is 10.2. The number of carbonyl (C=O) groups is 1. The second kappa shape index (κ2) is 6.54. The van der Waals surface area contributed by atoms with Crippen molar-refractivity contribution in [2.45, 2.75) is 53.8 Å². The van der Waals surface area contributed by atoms with Crippen molar-refractivity contribution in [3.8, 4) is 0 Å². The topological polar surface area (TPSA) is 56.2 Å². The van der Waals surface area contributed by atoms with E-state index in [0.29, 0.717) is 0 Å². The van der Waals surface area contributed by atoms with E-state index in [2.05, 4.69) is 17.3 Å². The highest BCUT2D eigenvalue weighted by atomic mass is 16.5. The first-order chi connectivity index (χ1) is 8.45. The third kappa shape index (κ3) is 3.84. The zero-order valence-corrected chi connectivity index (χ0v) is 11.9. The number of hydrogen-bond acceptors (Lipinski definition) is 4. The molecule has 0 fully saturated rings. The summed E-state index contributed by atoms with van der Waals surface area (Å²) in [6.45, 7) is 11.6. The molecule has 0 saturated heterocycles. The molecule has 0 radical (unpaired) electrons. The van der Waals surface area contributed by atoms with E-state index in [1.807, 2.05) is 27.7 Å². The molecule has 0 amide bonds. The second-order valence-corrected chi connectivity index (χ2v) is 4.63. The van der Waals surface area contributed by atoms with Gasteiger partial charge in [-0.15, -0.1) is 0 Å². The van der Waals surface area contributed by atoms with Crippen LogP contribution in [0.2, 0.25) is 0 Å². The SMILES string of the molecule is CCNCc1c(C)nn(CC(=O)OC(C)C)c1C. The van der Waals surface area contributed by atoms with Crippen molar-refractivity contribution in [3.63, 3.8) is 0 Å². The predicted molar refractivity (Wildman–Crippen MR) is 70.3 cm³/mol. The molecule has 102 valence electrons. The van der Waals surface area contributed by atoms with Gasteiger partial charge in [-0.05, 0) is 34.2 Å². The maximum absolute atomic E-state index is 11.6. The molecule has 0 aliphatic carbocycles.